The molecule has 0 aromatic heterocycles. The largest absolute Gasteiger partial charge is 0.496 e. The molecular weight excluding hydrogens is 262 g/mol. The molecule has 0 spiro atoms. The lowest BCUT2D eigenvalue weighted by Gasteiger charge is -2.16. The van der Waals surface area contributed by atoms with Crippen LogP contribution in [0.25, 0.3) is 0 Å². The van der Waals surface area contributed by atoms with Gasteiger partial charge in [-0.2, -0.15) is 0 Å². The van der Waals surface area contributed by atoms with E-state index in [0.717, 1.165) is 5.56 Å². The van der Waals surface area contributed by atoms with Crippen LogP contribution in [-0.2, 0) is 0 Å². The van der Waals surface area contributed by atoms with E-state index in [1.54, 1.807) is 19.2 Å². The Labute approximate surface area is 126 Å². The van der Waals surface area contributed by atoms with Crippen molar-refractivity contribution < 1.29 is 9.53 Å². The van der Waals surface area contributed by atoms with Crippen LogP contribution in [-0.4, -0.2) is 13.0 Å². The summed E-state index contributed by atoms with van der Waals surface area (Å²) >= 11 is 0. The van der Waals surface area contributed by atoms with Gasteiger partial charge in [-0.25, -0.2) is 0 Å². The first-order valence-electron chi connectivity index (χ1n) is 7.04. The van der Waals surface area contributed by atoms with Crippen LogP contribution >= 0.6 is 0 Å². The maximum Gasteiger partial charge on any atom is 0.255 e. The maximum atomic E-state index is 12.4. The number of aryl methyl sites for hydroxylation is 2. The second-order valence-electron chi connectivity index (χ2n) is 5.24. The number of hydrogen-bond acceptors (Lipinski definition) is 2. The molecule has 3 nitrogen and oxygen atoms in total. The molecule has 110 valence electrons. The van der Waals surface area contributed by atoms with Gasteiger partial charge in [-0.3, -0.25) is 4.79 Å². The van der Waals surface area contributed by atoms with Crippen molar-refractivity contribution in [3.05, 3.63) is 64.7 Å². The smallest absolute Gasteiger partial charge is 0.255 e. The molecule has 0 aliphatic rings. The van der Waals surface area contributed by atoms with Crippen molar-refractivity contribution in [2.24, 2.45) is 0 Å². The molecule has 2 aromatic rings. The van der Waals surface area contributed by atoms with Gasteiger partial charge in [0.15, 0.2) is 0 Å². The Morgan fingerprint density at radius 1 is 1.10 bits per heavy atom. The van der Waals surface area contributed by atoms with Crippen molar-refractivity contribution >= 4 is 5.91 Å². The van der Waals surface area contributed by atoms with E-state index in [-0.39, 0.29) is 11.9 Å². The first kappa shape index (κ1) is 15.1. The molecule has 1 amide bonds. The molecule has 0 saturated heterocycles. The normalized spacial score (nSPS) is 11.8. The molecule has 0 saturated carbocycles. The molecule has 1 atom stereocenters. The Morgan fingerprint density at radius 3 is 2.48 bits per heavy atom. The monoisotopic (exact) mass is 283 g/mol. The lowest BCUT2D eigenvalue weighted by atomic mass is 10.0. The number of ether oxygens (including phenoxy) is 1. The highest BCUT2D eigenvalue weighted by Gasteiger charge is 2.15. The van der Waals surface area contributed by atoms with Crippen LogP contribution in [0.2, 0.25) is 0 Å². The molecule has 0 radical (unpaired) electrons. The first-order valence-corrected chi connectivity index (χ1v) is 7.04. The quantitative estimate of drug-likeness (QED) is 0.926. The number of benzene rings is 2. The van der Waals surface area contributed by atoms with Crippen molar-refractivity contribution in [2.75, 3.05) is 7.11 Å². The summed E-state index contributed by atoms with van der Waals surface area (Å²) in [6.07, 6.45) is 0. The van der Waals surface area contributed by atoms with Crippen molar-refractivity contribution in [1.82, 2.24) is 5.32 Å². The zero-order valence-electron chi connectivity index (χ0n) is 12.9. The average molecular weight is 283 g/mol. The molecule has 2 rings (SSSR count). The highest BCUT2D eigenvalue weighted by atomic mass is 16.5. The zero-order valence-corrected chi connectivity index (χ0v) is 12.9. The van der Waals surface area contributed by atoms with Crippen molar-refractivity contribution in [1.29, 1.82) is 0 Å². The molecule has 21 heavy (non-hydrogen) atoms. The predicted molar refractivity (Wildman–Crippen MR) is 84.8 cm³/mol. The van der Waals surface area contributed by atoms with E-state index in [1.807, 2.05) is 19.1 Å². The standard InChI is InChI=1S/C18H21NO2/c1-12-9-10-15(11-13(12)2)14(3)19-18(20)16-7-5-6-8-17(16)21-4/h5-11,14H,1-4H3,(H,19,20)/t14-/m0/s1. The number of methoxy groups -OCH3 is 1. The van der Waals surface area contributed by atoms with Gasteiger partial charge >= 0.3 is 0 Å². The summed E-state index contributed by atoms with van der Waals surface area (Å²) in [5, 5.41) is 3.01. The molecule has 0 fully saturated rings. The fraction of sp³-hybridized carbons (Fsp3) is 0.278. The van der Waals surface area contributed by atoms with E-state index in [2.05, 4.69) is 37.4 Å². The van der Waals surface area contributed by atoms with E-state index in [1.165, 1.54) is 11.1 Å². The van der Waals surface area contributed by atoms with Crippen LogP contribution in [0, 0.1) is 13.8 Å². The zero-order chi connectivity index (χ0) is 15.4. The number of para-hydroxylation sites is 1. The second kappa shape index (κ2) is 6.44. The van der Waals surface area contributed by atoms with E-state index in [0.29, 0.717) is 11.3 Å². The summed E-state index contributed by atoms with van der Waals surface area (Å²) in [4.78, 5) is 12.4. The molecular formula is C18H21NO2. The van der Waals surface area contributed by atoms with E-state index in [9.17, 15) is 4.79 Å². The van der Waals surface area contributed by atoms with Gasteiger partial charge in [-0.1, -0.05) is 30.3 Å². The predicted octanol–water partition coefficient (Wildman–Crippen LogP) is 3.80. The van der Waals surface area contributed by atoms with Gasteiger partial charge in [0.1, 0.15) is 5.75 Å². The lowest BCUT2D eigenvalue weighted by Crippen LogP contribution is -2.27. The third-order valence-electron chi connectivity index (χ3n) is 3.73. The first-order chi connectivity index (χ1) is 10.0. The number of amides is 1. The van der Waals surface area contributed by atoms with Gasteiger partial charge in [0.05, 0.1) is 18.7 Å². The van der Waals surface area contributed by atoms with Crippen molar-refractivity contribution in [3.8, 4) is 5.75 Å². The van der Waals surface area contributed by atoms with Gasteiger partial charge < -0.3 is 10.1 Å². The number of carbonyl (C=O) groups is 1. The third kappa shape index (κ3) is 3.43. The van der Waals surface area contributed by atoms with Crippen LogP contribution in [0.5, 0.6) is 5.75 Å². The Bertz CT molecular complexity index is 649. The number of rotatable bonds is 4. The van der Waals surface area contributed by atoms with Crippen LogP contribution in [0.1, 0.15) is 40.0 Å². The maximum absolute atomic E-state index is 12.4. The van der Waals surface area contributed by atoms with Crippen LogP contribution < -0.4 is 10.1 Å². The third-order valence-corrected chi connectivity index (χ3v) is 3.73. The molecule has 2 aromatic carbocycles. The van der Waals surface area contributed by atoms with Crippen molar-refractivity contribution in [2.45, 2.75) is 26.8 Å². The fourth-order valence-corrected chi connectivity index (χ4v) is 2.22. The minimum absolute atomic E-state index is 0.0540. The molecule has 0 unspecified atom stereocenters. The van der Waals surface area contributed by atoms with Gasteiger partial charge in [0, 0.05) is 0 Å². The minimum atomic E-state index is -0.127. The van der Waals surface area contributed by atoms with Crippen molar-refractivity contribution in [3.63, 3.8) is 0 Å². The van der Waals surface area contributed by atoms with E-state index < -0.39 is 0 Å². The van der Waals surface area contributed by atoms with Gasteiger partial charge in [-0.15, -0.1) is 0 Å². The summed E-state index contributed by atoms with van der Waals surface area (Å²) in [5.74, 6) is 0.459. The molecule has 0 heterocycles. The number of hydrogen-bond donors (Lipinski definition) is 1. The molecule has 0 bridgehead atoms. The number of nitrogens with one attached hydrogen (secondary N) is 1. The van der Waals surface area contributed by atoms with Crippen LogP contribution in [0.3, 0.4) is 0 Å². The topological polar surface area (TPSA) is 38.3 Å². The lowest BCUT2D eigenvalue weighted by molar-refractivity contribution is 0.0937. The summed E-state index contributed by atoms with van der Waals surface area (Å²) in [6, 6.07) is 13.4. The van der Waals surface area contributed by atoms with Gasteiger partial charge in [0.25, 0.3) is 5.91 Å². The van der Waals surface area contributed by atoms with E-state index in [4.69, 9.17) is 4.74 Å². The molecule has 1 N–H and O–H groups in total. The minimum Gasteiger partial charge on any atom is -0.496 e. The SMILES string of the molecule is COc1ccccc1C(=O)N[C@@H](C)c1ccc(C)c(C)c1. The highest BCUT2D eigenvalue weighted by Crippen LogP contribution is 2.20. The Balaban J connectivity index is 2.16. The van der Waals surface area contributed by atoms with Gasteiger partial charge in [0.2, 0.25) is 0 Å². The Morgan fingerprint density at radius 2 is 1.81 bits per heavy atom. The van der Waals surface area contributed by atoms with Crippen LogP contribution in [0.15, 0.2) is 42.5 Å². The fourth-order valence-electron chi connectivity index (χ4n) is 2.22. The van der Waals surface area contributed by atoms with Gasteiger partial charge in [-0.05, 0) is 49.6 Å². The Kier molecular flexibility index (Phi) is 4.63. The summed E-state index contributed by atoms with van der Waals surface area (Å²) in [6.45, 7) is 6.14. The molecule has 0 aliphatic carbocycles. The summed E-state index contributed by atoms with van der Waals surface area (Å²) < 4.78 is 5.23. The number of carbonyl (C=O) groups excluding carboxylic acids is 1. The summed E-state index contributed by atoms with van der Waals surface area (Å²) in [5.41, 5.74) is 4.13. The Hall–Kier alpha value is -2.29. The van der Waals surface area contributed by atoms with Crippen LogP contribution in [0.4, 0.5) is 0 Å². The molecule has 0 aliphatic heterocycles. The van der Waals surface area contributed by atoms with E-state index >= 15 is 0 Å². The second-order valence-corrected chi connectivity index (χ2v) is 5.24. The molecule has 3 heteroatoms. The summed E-state index contributed by atoms with van der Waals surface area (Å²) in [7, 11) is 1.57. The highest BCUT2D eigenvalue weighted by molar-refractivity contribution is 5.97. The average Bonchev–Trinajstić information content (AvgIpc) is 2.49.